The van der Waals surface area contributed by atoms with Crippen molar-refractivity contribution in [2.45, 2.75) is 59.6 Å². The number of benzene rings is 1. The summed E-state index contributed by atoms with van der Waals surface area (Å²) in [5.41, 5.74) is 3.81. The minimum atomic E-state index is -0.155. The molecule has 0 saturated carbocycles. The molecule has 8 heteroatoms. The van der Waals surface area contributed by atoms with Gasteiger partial charge in [-0.05, 0) is 64.3 Å². The van der Waals surface area contributed by atoms with E-state index in [4.69, 9.17) is 9.47 Å². The first-order chi connectivity index (χ1) is 14.3. The zero-order valence-electron chi connectivity index (χ0n) is 18.4. The number of aromatic nitrogens is 4. The van der Waals surface area contributed by atoms with Gasteiger partial charge in [0.05, 0.1) is 19.3 Å². The maximum Gasteiger partial charge on any atom is 0.252 e. The molecule has 0 bridgehead atoms. The number of ether oxygens (including phenoxy) is 2. The highest BCUT2D eigenvalue weighted by Gasteiger charge is 2.16. The maximum absolute atomic E-state index is 12.6. The molecule has 0 saturated heterocycles. The Morgan fingerprint density at radius 3 is 2.67 bits per heavy atom. The lowest BCUT2D eigenvalue weighted by Gasteiger charge is -2.18. The van der Waals surface area contributed by atoms with Crippen LogP contribution in [-0.4, -0.2) is 38.7 Å². The van der Waals surface area contributed by atoms with E-state index < -0.39 is 0 Å². The molecule has 2 heterocycles. The number of nitrogens with zero attached hydrogens (tertiary/aromatic N) is 4. The van der Waals surface area contributed by atoms with Gasteiger partial charge < -0.3 is 14.8 Å². The van der Waals surface area contributed by atoms with Gasteiger partial charge in [0, 0.05) is 17.8 Å². The first-order valence-electron chi connectivity index (χ1n) is 10.1. The van der Waals surface area contributed by atoms with Gasteiger partial charge in [-0.3, -0.25) is 4.79 Å². The van der Waals surface area contributed by atoms with Crippen molar-refractivity contribution >= 4 is 11.7 Å². The molecule has 0 aliphatic heterocycles. The van der Waals surface area contributed by atoms with Gasteiger partial charge in [-0.15, -0.1) is 0 Å². The number of hydrogen-bond acceptors (Lipinski definition) is 6. The van der Waals surface area contributed by atoms with E-state index in [0.29, 0.717) is 30.1 Å². The molecule has 1 atom stereocenters. The van der Waals surface area contributed by atoms with Gasteiger partial charge >= 0.3 is 0 Å². The lowest BCUT2D eigenvalue weighted by Crippen LogP contribution is -2.27. The molecular formula is C22H29N5O3. The van der Waals surface area contributed by atoms with E-state index in [1.807, 2.05) is 52.8 Å². The second kappa shape index (κ2) is 9.11. The van der Waals surface area contributed by atoms with Gasteiger partial charge in [0.2, 0.25) is 5.91 Å². The number of aryl methyl sites for hydroxylation is 2. The van der Waals surface area contributed by atoms with Crippen molar-refractivity contribution in [1.82, 2.24) is 24.9 Å². The Labute approximate surface area is 176 Å². The molecule has 1 amide bonds. The summed E-state index contributed by atoms with van der Waals surface area (Å²) in [4.78, 5) is 21.2. The third-order valence-corrected chi connectivity index (χ3v) is 5.02. The summed E-state index contributed by atoms with van der Waals surface area (Å²) >= 11 is 0. The molecule has 1 aromatic carbocycles. The van der Waals surface area contributed by atoms with Crippen LogP contribution in [0.2, 0.25) is 0 Å². The molecule has 3 aromatic rings. The Morgan fingerprint density at radius 2 is 1.97 bits per heavy atom. The van der Waals surface area contributed by atoms with Crippen LogP contribution in [0.5, 0.6) is 11.5 Å². The third kappa shape index (κ3) is 4.69. The molecule has 2 aromatic heterocycles. The van der Waals surface area contributed by atoms with Crippen LogP contribution in [0.3, 0.4) is 0 Å². The smallest absolute Gasteiger partial charge is 0.252 e. The monoisotopic (exact) mass is 411 g/mol. The molecule has 1 unspecified atom stereocenters. The molecule has 0 spiro atoms. The van der Waals surface area contributed by atoms with E-state index in [-0.39, 0.29) is 18.1 Å². The van der Waals surface area contributed by atoms with Crippen molar-refractivity contribution in [2.75, 3.05) is 7.11 Å². The van der Waals surface area contributed by atoms with E-state index >= 15 is 0 Å². The Kier molecular flexibility index (Phi) is 6.54. The minimum Gasteiger partial charge on any atom is -0.493 e. The zero-order valence-corrected chi connectivity index (χ0v) is 18.4. The molecule has 0 fully saturated rings. The average Bonchev–Trinajstić information content (AvgIpc) is 3.16. The third-order valence-electron chi connectivity index (χ3n) is 5.02. The first-order valence-corrected chi connectivity index (χ1v) is 10.1. The van der Waals surface area contributed by atoms with Gasteiger partial charge in [0.1, 0.15) is 6.33 Å². The normalized spacial score (nSPS) is 12.2. The Morgan fingerprint density at radius 1 is 1.20 bits per heavy atom. The molecule has 0 aliphatic rings. The highest BCUT2D eigenvalue weighted by Crippen LogP contribution is 2.31. The fourth-order valence-corrected chi connectivity index (χ4v) is 3.46. The average molecular weight is 412 g/mol. The molecule has 3 rings (SSSR count). The summed E-state index contributed by atoms with van der Waals surface area (Å²) in [7, 11) is 1.61. The topological polar surface area (TPSA) is 90.6 Å². The quantitative estimate of drug-likeness (QED) is 0.611. The number of amides is 1. The Balaban J connectivity index is 1.65. The summed E-state index contributed by atoms with van der Waals surface area (Å²) in [6.07, 6.45) is 2.49. The molecule has 8 nitrogen and oxygen atoms in total. The highest BCUT2D eigenvalue weighted by molar-refractivity contribution is 5.76. The second-order valence-corrected chi connectivity index (χ2v) is 7.60. The summed E-state index contributed by atoms with van der Waals surface area (Å²) < 4.78 is 12.9. The molecule has 1 N–H and O–H groups in total. The minimum absolute atomic E-state index is 0.0264. The number of hydrogen-bond donors (Lipinski definition) is 1. The fraction of sp³-hybridized carbons (Fsp3) is 0.455. The first kappa shape index (κ1) is 21.5. The van der Waals surface area contributed by atoms with E-state index in [0.717, 1.165) is 22.5 Å². The van der Waals surface area contributed by atoms with Crippen molar-refractivity contribution in [3.63, 3.8) is 0 Å². The summed E-state index contributed by atoms with van der Waals surface area (Å²) in [5.74, 6) is 1.89. The van der Waals surface area contributed by atoms with E-state index in [1.165, 1.54) is 6.33 Å². The standard InChI is InChI=1S/C22H29N5O3/c1-13(2)30-19-9-7-17(11-20(19)29-6)14(3)25-21(28)10-8-18-15(4)26-22-23-12-24-27(22)16(18)5/h7,9,11-14H,8,10H2,1-6H3,(H,25,28). The SMILES string of the molecule is COc1cc(C(C)NC(=O)CCc2c(C)nc3ncnn3c2C)ccc1OC(C)C. The largest absolute Gasteiger partial charge is 0.493 e. The van der Waals surface area contributed by atoms with Crippen molar-refractivity contribution in [3.8, 4) is 11.5 Å². The van der Waals surface area contributed by atoms with E-state index in [1.54, 1.807) is 11.6 Å². The second-order valence-electron chi connectivity index (χ2n) is 7.60. The van der Waals surface area contributed by atoms with Crippen molar-refractivity contribution in [3.05, 3.63) is 47.0 Å². The predicted octanol–water partition coefficient (Wildman–Crippen LogP) is 3.35. The van der Waals surface area contributed by atoms with Crippen LogP contribution in [-0.2, 0) is 11.2 Å². The molecule has 160 valence electrons. The summed E-state index contributed by atoms with van der Waals surface area (Å²) in [6.45, 7) is 9.80. The van der Waals surface area contributed by atoms with Gasteiger partial charge in [0.15, 0.2) is 11.5 Å². The Hall–Kier alpha value is -3.16. The van der Waals surface area contributed by atoms with Gasteiger partial charge in [-0.25, -0.2) is 9.50 Å². The van der Waals surface area contributed by atoms with Crippen LogP contribution in [0.15, 0.2) is 24.5 Å². The zero-order chi connectivity index (χ0) is 21.8. The predicted molar refractivity (Wildman–Crippen MR) is 114 cm³/mol. The lowest BCUT2D eigenvalue weighted by molar-refractivity contribution is -0.121. The van der Waals surface area contributed by atoms with Crippen molar-refractivity contribution in [1.29, 1.82) is 0 Å². The van der Waals surface area contributed by atoms with Crippen LogP contribution >= 0.6 is 0 Å². The van der Waals surface area contributed by atoms with Crippen molar-refractivity contribution in [2.24, 2.45) is 0 Å². The Bertz CT molecular complexity index is 1040. The summed E-state index contributed by atoms with van der Waals surface area (Å²) in [6, 6.07) is 5.57. The lowest BCUT2D eigenvalue weighted by atomic mass is 10.0. The van der Waals surface area contributed by atoms with Crippen LogP contribution < -0.4 is 14.8 Å². The van der Waals surface area contributed by atoms with E-state index in [2.05, 4.69) is 20.4 Å². The van der Waals surface area contributed by atoms with Crippen LogP contribution in [0.25, 0.3) is 5.78 Å². The van der Waals surface area contributed by atoms with Gasteiger partial charge in [-0.2, -0.15) is 10.1 Å². The number of fused-ring (bicyclic) bond motifs is 1. The fourth-order valence-electron chi connectivity index (χ4n) is 3.46. The number of nitrogens with one attached hydrogen (secondary N) is 1. The highest BCUT2D eigenvalue weighted by atomic mass is 16.5. The number of carbonyl (C=O) groups is 1. The van der Waals surface area contributed by atoms with E-state index in [9.17, 15) is 4.79 Å². The molecule has 30 heavy (non-hydrogen) atoms. The van der Waals surface area contributed by atoms with Crippen molar-refractivity contribution < 1.29 is 14.3 Å². The van der Waals surface area contributed by atoms with Gasteiger partial charge in [0.25, 0.3) is 5.78 Å². The van der Waals surface area contributed by atoms with Gasteiger partial charge in [-0.1, -0.05) is 6.07 Å². The summed E-state index contributed by atoms with van der Waals surface area (Å²) in [5, 5.41) is 7.26. The number of methoxy groups -OCH3 is 1. The van der Waals surface area contributed by atoms with Crippen LogP contribution in [0.4, 0.5) is 0 Å². The maximum atomic E-state index is 12.6. The number of carbonyl (C=O) groups excluding carboxylic acids is 1. The number of rotatable bonds is 8. The molecule has 0 aliphatic carbocycles. The van der Waals surface area contributed by atoms with Crippen LogP contribution in [0.1, 0.15) is 55.7 Å². The molecule has 0 radical (unpaired) electrons. The molecular weight excluding hydrogens is 382 g/mol. The van der Waals surface area contributed by atoms with Crippen LogP contribution in [0, 0.1) is 13.8 Å².